The zero-order chi connectivity index (χ0) is 23.0. The summed E-state index contributed by atoms with van der Waals surface area (Å²) in [6, 6.07) is 11.7. The lowest BCUT2D eigenvalue weighted by molar-refractivity contribution is -0.150. The van der Waals surface area contributed by atoms with E-state index in [1.165, 1.54) is 17.7 Å². The van der Waals surface area contributed by atoms with Crippen LogP contribution in [0, 0.1) is 6.92 Å². The van der Waals surface area contributed by atoms with E-state index < -0.39 is 28.5 Å². The highest BCUT2D eigenvalue weighted by atomic mass is 32.2. The van der Waals surface area contributed by atoms with E-state index in [4.69, 9.17) is 14.6 Å². The molecule has 0 saturated carbocycles. The lowest BCUT2D eigenvalue weighted by Crippen LogP contribution is -2.31. The molecule has 0 radical (unpaired) electrons. The molecule has 0 aliphatic heterocycles. The summed E-state index contributed by atoms with van der Waals surface area (Å²) in [6.45, 7) is 5.81. The summed E-state index contributed by atoms with van der Waals surface area (Å²) in [5.74, 6) is -0.110. The molecule has 31 heavy (non-hydrogen) atoms. The van der Waals surface area contributed by atoms with Crippen LogP contribution in [0.15, 0.2) is 47.4 Å². The number of carbonyl (C=O) groups is 2. The molecule has 168 valence electrons. The predicted octanol–water partition coefficient (Wildman–Crippen LogP) is 2.05. The van der Waals surface area contributed by atoms with Crippen molar-refractivity contribution in [1.29, 1.82) is 0 Å². The van der Waals surface area contributed by atoms with Gasteiger partial charge in [0, 0.05) is 6.54 Å². The number of primary sulfonamides is 1. The minimum Gasteiger partial charge on any atom is -0.482 e. The van der Waals surface area contributed by atoms with Gasteiger partial charge in [-0.15, -0.1) is 0 Å². The lowest BCUT2D eigenvalue weighted by atomic mass is 9.98. The van der Waals surface area contributed by atoms with E-state index >= 15 is 0 Å². The Hall–Kier alpha value is -2.91. The summed E-state index contributed by atoms with van der Waals surface area (Å²) in [4.78, 5) is 23.6. The molecular formula is C22H28N2O6S. The van der Waals surface area contributed by atoms with Crippen LogP contribution in [0.25, 0.3) is 0 Å². The molecule has 0 aliphatic carbocycles. The van der Waals surface area contributed by atoms with Crippen molar-refractivity contribution in [2.24, 2.45) is 5.14 Å². The first-order valence-electron chi connectivity index (χ1n) is 9.83. The highest BCUT2D eigenvalue weighted by Gasteiger charge is 2.10. The lowest BCUT2D eigenvalue weighted by Gasteiger charge is -2.12. The number of hydrogen-bond acceptors (Lipinski definition) is 6. The van der Waals surface area contributed by atoms with Crippen LogP contribution >= 0.6 is 0 Å². The molecule has 0 unspecified atom stereocenters. The minimum absolute atomic E-state index is 0.0282. The van der Waals surface area contributed by atoms with Gasteiger partial charge in [-0.25, -0.2) is 18.4 Å². The quantitative estimate of drug-likeness (QED) is 0.536. The zero-order valence-electron chi connectivity index (χ0n) is 17.9. The van der Waals surface area contributed by atoms with Gasteiger partial charge in [0.15, 0.2) is 13.2 Å². The molecule has 0 saturated heterocycles. The van der Waals surface area contributed by atoms with E-state index in [9.17, 15) is 18.0 Å². The van der Waals surface area contributed by atoms with Gasteiger partial charge in [0.2, 0.25) is 10.0 Å². The van der Waals surface area contributed by atoms with Crippen molar-refractivity contribution in [2.45, 2.75) is 38.0 Å². The average Bonchev–Trinajstić information content (AvgIpc) is 2.70. The summed E-state index contributed by atoms with van der Waals surface area (Å²) in [5, 5.41) is 7.68. The molecule has 0 bridgehead atoms. The number of nitrogens with two attached hydrogens (primary N) is 1. The molecule has 0 spiro atoms. The number of hydrogen-bond donors (Lipinski definition) is 2. The Morgan fingerprint density at radius 3 is 2.32 bits per heavy atom. The molecule has 0 aromatic heterocycles. The van der Waals surface area contributed by atoms with E-state index in [1.807, 2.05) is 19.1 Å². The van der Waals surface area contributed by atoms with E-state index in [0.29, 0.717) is 24.6 Å². The summed E-state index contributed by atoms with van der Waals surface area (Å²) in [5.41, 5.74) is 3.13. The van der Waals surface area contributed by atoms with Crippen LogP contribution in [0.2, 0.25) is 0 Å². The molecular weight excluding hydrogens is 420 g/mol. The molecule has 0 fully saturated rings. The largest absolute Gasteiger partial charge is 0.482 e. The number of amides is 1. The van der Waals surface area contributed by atoms with Crippen molar-refractivity contribution < 1.29 is 27.5 Å². The predicted molar refractivity (Wildman–Crippen MR) is 116 cm³/mol. The normalized spacial score (nSPS) is 11.3. The molecule has 0 aliphatic rings. The first-order valence-corrected chi connectivity index (χ1v) is 11.4. The summed E-state index contributed by atoms with van der Waals surface area (Å²) in [7, 11) is -3.73. The van der Waals surface area contributed by atoms with Crippen molar-refractivity contribution in [3.05, 3.63) is 59.2 Å². The van der Waals surface area contributed by atoms with Gasteiger partial charge in [0.05, 0.1) is 4.90 Å². The molecule has 0 heterocycles. The fourth-order valence-corrected chi connectivity index (χ4v) is 3.47. The second-order valence-electron chi connectivity index (χ2n) is 7.41. The summed E-state index contributed by atoms with van der Waals surface area (Å²) >= 11 is 0. The van der Waals surface area contributed by atoms with Gasteiger partial charge < -0.3 is 14.8 Å². The fraction of sp³-hybridized carbons (Fsp3) is 0.364. The monoisotopic (exact) mass is 448 g/mol. The standard InChI is InChI=1S/C22H28N2O6S/c1-15(2)20-9-6-18(12-16(20)3)29-14-22(26)30-13-21(25)24-11-10-17-4-7-19(8-5-17)31(23,27)28/h4-9,12,15H,10-11,13-14H2,1-3H3,(H,24,25)(H2,23,27,28). The van der Waals surface area contributed by atoms with Gasteiger partial charge in [-0.05, 0) is 60.2 Å². The second kappa shape index (κ2) is 10.9. The first-order chi connectivity index (χ1) is 14.6. The molecule has 2 aromatic rings. The van der Waals surface area contributed by atoms with Crippen molar-refractivity contribution >= 4 is 21.9 Å². The zero-order valence-corrected chi connectivity index (χ0v) is 18.7. The van der Waals surface area contributed by atoms with Crippen LogP contribution in [-0.2, 0) is 30.8 Å². The number of benzene rings is 2. The Labute approximate surface area is 182 Å². The SMILES string of the molecule is Cc1cc(OCC(=O)OCC(=O)NCCc2ccc(S(N)(=O)=O)cc2)ccc1C(C)C. The third-order valence-electron chi connectivity index (χ3n) is 4.57. The number of esters is 1. The molecule has 9 heteroatoms. The van der Waals surface area contributed by atoms with Crippen LogP contribution in [0.5, 0.6) is 5.75 Å². The smallest absolute Gasteiger partial charge is 0.344 e. The molecule has 0 atom stereocenters. The first kappa shape index (κ1) is 24.4. The Morgan fingerprint density at radius 1 is 1.06 bits per heavy atom. The molecule has 2 aromatic carbocycles. The van der Waals surface area contributed by atoms with Crippen LogP contribution in [0.4, 0.5) is 0 Å². The van der Waals surface area contributed by atoms with Crippen molar-refractivity contribution in [2.75, 3.05) is 19.8 Å². The maximum Gasteiger partial charge on any atom is 0.344 e. The second-order valence-corrected chi connectivity index (χ2v) is 8.97. The highest BCUT2D eigenvalue weighted by Crippen LogP contribution is 2.23. The van der Waals surface area contributed by atoms with E-state index in [2.05, 4.69) is 19.2 Å². The number of ether oxygens (including phenoxy) is 2. The van der Waals surface area contributed by atoms with Crippen molar-refractivity contribution in [3.8, 4) is 5.75 Å². The Morgan fingerprint density at radius 2 is 1.74 bits per heavy atom. The van der Waals surface area contributed by atoms with E-state index in [-0.39, 0.29) is 11.5 Å². The Bertz CT molecular complexity index is 1020. The number of rotatable bonds is 10. The molecule has 2 rings (SSSR count). The molecule has 8 nitrogen and oxygen atoms in total. The number of aryl methyl sites for hydroxylation is 1. The van der Waals surface area contributed by atoms with Gasteiger partial charge in [-0.1, -0.05) is 32.0 Å². The van der Waals surface area contributed by atoms with Crippen LogP contribution in [0.3, 0.4) is 0 Å². The average molecular weight is 449 g/mol. The van der Waals surface area contributed by atoms with Crippen LogP contribution < -0.4 is 15.2 Å². The Kier molecular flexibility index (Phi) is 8.58. The maximum atomic E-state index is 11.8. The van der Waals surface area contributed by atoms with Crippen molar-refractivity contribution in [3.63, 3.8) is 0 Å². The Balaban J connectivity index is 1.68. The minimum atomic E-state index is -3.73. The van der Waals surface area contributed by atoms with Gasteiger partial charge in [-0.2, -0.15) is 0 Å². The van der Waals surface area contributed by atoms with E-state index in [0.717, 1.165) is 11.1 Å². The summed E-state index contributed by atoms with van der Waals surface area (Å²) in [6.07, 6.45) is 0.486. The van der Waals surface area contributed by atoms with Crippen LogP contribution in [0.1, 0.15) is 36.5 Å². The van der Waals surface area contributed by atoms with Gasteiger partial charge in [-0.3, -0.25) is 4.79 Å². The molecule has 3 N–H and O–H groups in total. The van der Waals surface area contributed by atoms with Crippen molar-refractivity contribution in [1.82, 2.24) is 5.32 Å². The number of sulfonamides is 1. The maximum absolute atomic E-state index is 11.8. The highest BCUT2D eigenvalue weighted by molar-refractivity contribution is 7.89. The topological polar surface area (TPSA) is 125 Å². The number of nitrogens with one attached hydrogen (secondary N) is 1. The third-order valence-corrected chi connectivity index (χ3v) is 5.50. The van der Waals surface area contributed by atoms with Gasteiger partial charge in [0.1, 0.15) is 5.75 Å². The van der Waals surface area contributed by atoms with Crippen LogP contribution in [-0.4, -0.2) is 40.1 Å². The molecule has 1 amide bonds. The summed E-state index contributed by atoms with van der Waals surface area (Å²) < 4.78 is 32.8. The fourth-order valence-electron chi connectivity index (χ4n) is 2.96. The van der Waals surface area contributed by atoms with Gasteiger partial charge >= 0.3 is 5.97 Å². The van der Waals surface area contributed by atoms with E-state index in [1.54, 1.807) is 18.2 Å². The van der Waals surface area contributed by atoms with Gasteiger partial charge in [0.25, 0.3) is 5.91 Å². The third kappa shape index (κ3) is 8.03. The number of carbonyl (C=O) groups excluding carboxylic acids is 2.